The zero-order chi connectivity index (χ0) is 43.5. The Morgan fingerprint density at radius 1 is 0.419 bits per heavy atom. The van der Waals surface area contributed by atoms with Crippen LogP contribution in [0.2, 0.25) is 0 Å². The van der Waals surface area contributed by atoms with E-state index in [4.69, 9.17) is 28.4 Å². The van der Waals surface area contributed by atoms with Crippen LogP contribution in [-0.4, -0.2) is 110 Å². The van der Waals surface area contributed by atoms with E-state index in [0.717, 1.165) is 98.3 Å². The lowest BCUT2D eigenvalue weighted by Gasteiger charge is -2.36. The van der Waals surface area contributed by atoms with Crippen LogP contribution in [0.25, 0.3) is 0 Å². The number of epoxide rings is 2. The standard InChI is InChI=1S/C51H68O11/c52-29-5-1-25-50(26-2-6-30-53,41-13-21-46(22-14-41)59-35-48-37-61-48)39-9-17-44(18-10-39)57-33-43(56)34-58-45-19-11-40(12-20-45)51(27-3-7-31-54,28-4-8-32-55)42-15-23-47(24-16-42)60-36-49-38-62-49/h9-24,43,48-49,52-56H,1-8,25-38H2. The number of aliphatic hydroxyl groups excluding tert-OH is 5. The van der Waals surface area contributed by atoms with Crippen molar-refractivity contribution in [1.29, 1.82) is 0 Å². The Labute approximate surface area is 367 Å². The van der Waals surface area contributed by atoms with Crippen LogP contribution in [0.15, 0.2) is 97.1 Å². The molecule has 0 amide bonds. The number of hydrogen-bond acceptors (Lipinski definition) is 11. The molecule has 0 saturated carbocycles. The third-order valence-electron chi connectivity index (χ3n) is 12.2. The van der Waals surface area contributed by atoms with Gasteiger partial charge in [-0.25, -0.2) is 0 Å². The SMILES string of the molecule is OCCCCC(CCCCO)(c1ccc(OCC(O)COc2ccc(C(CCCCO)(CCCCO)c3ccc(OCC4CO4)cc3)cc2)cc1)c1ccc(OCC2CO2)cc1. The van der Waals surface area contributed by atoms with Crippen molar-refractivity contribution in [2.45, 2.75) is 106 Å². The van der Waals surface area contributed by atoms with E-state index in [1.807, 2.05) is 48.5 Å². The molecule has 0 spiro atoms. The number of hydrogen-bond donors (Lipinski definition) is 5. The average Bonchev–Trinajstić information content (AvgIpc) is 4.26. The summed E-state index contributed by atoms with van der Waals surface area (Å²) in [7, 11) is 0. The second-order valence-corrected chi connectivity index (χ2v) is 16.8. The van der Waals surface area contributed by atoms with Gasteiger partial charge in [-0.2, -0.15) is 0 Å². The Hall–Kier alpha value is -4.20. The van der Waals surface area contributed by atoms with E-state index in [9.17, 15) is 25.5 Å². The molecular weight excluding hydrogens is 789 g/mol. The lowest BCUT2D eigenvalue weighted by Crippen LogP contribution is -2.29. The summed E-state index contributed by atoms with van der Waals surface area (Å²) in [5.74, 6) is 2.87. The van der Waals surface area contributed by atoms with Gasteiger partial charge in [0.05, 0.1) is 13.2 Å². The number of unbranched alkanes of at least 4 members (excludes halogenated alkanes) is 4. The maximum atomic E-state index is 10.9. The van der Waals surface area contributed by atoms with Crippen LogP contribution in [0.5, 0.6) is 23.0 Å². The molecule has 11 nitrogen and oxygen atoms in total. The largest absolute Gasteiger partial charge is 0.491 e. The molecule has 0 aromatic heterocycles. The molecule has 4 aromatic rings. The van der Waals surface area contributed by atoms with Gasteiger partial charge in [0.1, 0.15) is 67.7 Å². The summed E-state index contributed by atoms with van der Waals surface area (Å²) in [5.41, 5.74) is 3.90. The first kappa shape index (κ1) is 47.3. The predicted octanol–water partition coefficient (Wildman–Crippen LogP) is 7.28. The van der Waals surface area contributed by atoms with Gasteiger partial charge in [-0.15, -0.1) is 0 Å². The van der Waals surface area contributed by atoms with Crippen molar-refractivity contribution in [2.75, 3.05) is 66.1 Å². The van der Waals surface area contributed by atoms with Gasteiger partial charge in [0.15, 0.2) is 0 Å². The highest BCUT2D eigenvalue weighted by Crippen LogP contribution is 2.44. The first-order chi connectivity index (χ1) is 30.4. The van der Waals surface area contributed by atoms with Gasteiger partial charge in [-0.3, -0.25) is 0 Å². The van der Waals surface area contributed by atoms with Crippen molar-refractivity contribution in [2.24, 2.45) is 0 Å². The van der Waals surface area contributed by atoms with Crippen LogP contribution in [0.4, 0.5) is 0 Å². The van der Waals surface area contributed by atoms with E-state index in [2.05, 4.69) is 48.5 Å². The topological polar surface area (TPSA) is 163 Å². The smallest absolute Gasteiger partial charge is 0.122 e. The van der Waals surface area contributed by atoms with Gasteiger partial charge >= 0.3 is 0 Å². The van der Waals surface area contributed by atoms with Gasteiger partial charge in [-0.05, 0) is 148 Å². The molecule has 2 fully saturated rings. The highest BCUT2D eigenvalue weighted by molar-refractivity contribution is 5.45. The highest BCUT2D eigenvalue weighted by Gasteiger charge is 2.35. The Bertz CT molecular complexity index is 1670. The summed E-state index contributed by atoms with van der Waals surface area (Å²) in [4.78, 5) is 0. The zero-order valence-electron chi connectivity index (χ0n) is 36.2. The van der Waals surface area contributed by atoms with Crippen molar-refractivity contribution in [3.05, 3.63) is 119 Å². The van der Waals surface area contributed by atoms with Gasteiger partial charge in [0, 0.05) is 37.3 Å². The van der Waals surface area contributed by atoms with Crippen molar-refractivity contribution < 1.29 is 54.0 Å². The molecule has 0 bridgehead atoms. The number of aliphatic hydroxyl groups is 5. The minimum absolute atomic E-state index is 0.0507. The second-order valence-electron chi connectivity index (χ2n) is 16.8. The molecule has 2 unspecified atom stereocenters. The van der Waals surface area contributed by atoms with E-state index >= 15 is 0 Å². The van der Waals surface area contributed by atoms with Crippen LogP contribution >= 0.6 is 0 Å². The van der Waals surface area contributed by atoms with E-state index in [0.29, 0.717) is 50.4 Å². The lowest BCUT2D eigenvalue weighted by atomic mass is 9.68. The molecule has 2 aliphatic rings. The van der Waals surface area contributed by atoms with Crippen LogP contribution < -0.4 is 18.9 Å². The predicted molar refractivity (Wildman–Crippen MR) is 239 cm³/mol. The van der Waals surface area contributed by atoms with E-state index in [1.165, 1.54) is 0 Å². The Balaban J connectivity index is 1.09. The quantitative estimate of drug-likeness (QED) is 0.0248. The van der Waals surface area contributed by atoms with E-state index in [1.54, 1.807) is 0 Å². The van der Waals surface area contributed by atoms with Gasteiger partial charge in [0.2, 0.25) is 0 Å². The second kappa shape index (κ2) is 24.6. The van der Waals surface area contributed by atoms with Crippen molar-refractivity contribution >= 4 is 0 Å². The first-order valence-corrected chi connectivity index (χ1v) is 22.7. The summed E-state index contributed by atoms with van der Waals surface area (Å²) >= 11 is 0. The van der Waals surface area contributed by atoms with E-state index in [-0.39, 0.29) is 62.7 Å². The Morgan fingerprint density at radius 3 is 0.919 bits per heavy atom. The molecular formula is C51H68O11. The van der Waals surface area contributed by atoms with E-state index < -0.39 is 6.10 Å². The Morgan fingerprint density at radius 2 is 0.677 bits per heavy atom. The summed E-state index contributed by atoms with van der Waals surface area (Å²) < 4.78 is 34.6. The van der Waals surface area contributed by atoms with Crippen LogP contribution in [0.3, 0.4) is 0 Å². The molecule has 2 aliphatic heterocycles. The molecule has 6 rings (SSSR count). The third kappa shape index (κ3) is 13.9. The molecule has 2 atom stereocenters. The van der Waals surface area contributed by atoms with Crippen molar-refractivity contribution in [3.63, 3.8) is 0 Å². The lowest BCUT2D eigenvalue weighted by molar-refractivity contribution is 0.0626. The zero-order valence-corrected chi connectivity index (χ0v) is 36.2. The fourth-order valence-corrected chi connectivity index (χ4v) is 8.51. The highest BCUT2D eigenvalue weighted by atomic mass is 16.6. The number of ether oxygens (including phenoxy) is 6. The molecule has 11 heteroatoms. The summed E-state index contributed by atoms with van der Waals surface area (Å²) in [6, 6.07) is 32.7. The van der Waals surface area contributed by atoms with Gasteiger partial charge in [0.25, 0.3) is 0 Å². The van der Waals surface area contributed by atoms with Gasteiger partial charge < -0.3 is 54.0 Å². The van der Waals surface area contributed by atoms with Crippen molar-refractivity contribution in [1.82, 2.24) is 0 Å². The summed E-state index contributed by atoms with van der Waals surface area (Å²) in [5, 5.41) is 49.6. The van der Waals surface area contributed by atoms with Gasteiger partial charge in [-0.1, -0.05) is 48.5 Å². The van der Waals surface area contributed by atoms with Crippen LogP contribution in [0, 0.1) is 0 Å². The maximum Gasteiger partial charge on any atom is 0.122 e. The molecule has 62 heavy (non-hydrogen) atoms. The minimum atomic E-state index is -0.874. The fraction of sp³-hybridized carbons (Fsp3) is 0.529. The number of rotatable bonds is 32. The minimum Gasteiger partial charge on any atom is -0.491 e. The number of benzene rings is 4. The fourth-order valence-electron chi connectivity index (χ4n) is 8.51. The molecule has 0 aliphatic carbocycles. The van der Waals surface area contributed by atoms with Crippen LogP contribution in [-0.2, 0) is 20.3 Å². The summed E-state index contributed by atoms with van der Waals surface area (Å²) in [6.45, 7) is 3.20. The molecule has 2 saturated heterocycles. The Kier molecular flexibility index (Phi) is 18.8. The van der Waals surface area contributed by atoms with Crippen molar-refractivity contribution in [3.8, 4) is 23.0 Å². The molecule has 4 aromatic carbocycles. The maximum absolute atomic E-state index is 10.9. The normalized spacial score (nSPS) is 16.5. The summed E-state index contributed by atoms with van der Waals surface area (Å²) in [6.07, 6.45) is 9.00. The first-order valence-electron chi connectivity index (χ1n) is 22.7. The molecule has 0 radical (unpaired) electrons. The molecule has 338 valence electrons. The average molecular weight is 857 g/mol. The third-order valence-corrected chi connectivity index (χ3v) is 12.2. The van der Waals surface area contributed by atoms with Crippen LogP contribution in [0.1, 0.15) is 99.3 Å². The molecule has 5 N–H and O–H groups in total. The monoisotopic (exact) mass is 856 g/mol. The molecule has 2 heterocycles.